The van der Waals surface area contributed by atoms with Gasteiger partial charge in [-0.15, -0.1) is 0 Å². The van der Waals surface area contributed by atoms with Crippen LogP contribution in [0.5, 0.6) is 11.5 Å². The first-order chi connectivity index (χ1) is 20.4. The summed E-state index contributed by atoms with van der Waals surface area (Å²) in [6.07, 6.45) is 5.38. The van der Waals surface area contributed by atoms with Crippen molar-refractivity contribution in [1.29, 1.82) is 0 Å². The second kappa shape index (κ2) is 12.3. The molecule has 1 saturated heterocycles. The number of carboxylic acid groups (broad SMARTS) is 1. The quantitative estimate of drug-likeness (QED) is 0.390. The third-order valence-corrected chi connectivity index (χ3v) is 8.24. The van der Waals surface area contributed by atoms with Crippen molar-refractivity contribution in [2.24, 2.45) is 5.92 Å². The molecule has 226 valence electrons. The highest BCUT2D eigenvalue weighted by Crippen LogP contribution is 2.45. The number of nitrogens with one attached hydrogen (secondary N) is 1. The fourth-order valence-corrected chi connectivity index (χ4v) is 5.80. The first-order valence-electron chi connectivity index (χ1n) is 14.2. The van der Waals surface area contributed by atoms with E-state index in [1.54, 1.807) is 7.11 Å². The van der Waals surface area contributed by atoms with Gasteiger partial charge in [0, 0.05) is 35.4 Å². The predicted molar refractivity (Wildman–Crippen MR) is 161 cm³/mol. The molecule has 1 saturated carbocycles. The molecule has 2 aromatic carbocycles. The van der Waals surface area contributed by atoms with E-state index in [-0.39, 0.29) is 32.9 Å². The number of methoxy groups -OCH3 is 1. The number of allylic oxidation sites excluding steroid dienone is 1. The van der Waals surface area contributed by atoms with Gasteiger partial charge in [0.05, 0.1) is 31.5 Å². The number of amides is 2. The molecule has 0 spiro atoms. The maximum atomic E-state index is 13.6. The Labute approximate surface area is 250 Å². The SMILES string of the molecule is C.COc1ccc2c(O[C@@H]3C[C@H]4C(=O)N[C@]5(C(=O)O)C[C@H]5/C=C\CCCCOC(=O)N4C3)cc(-c3ccccc3)nc2c1. The molecular formula is C33H37N3O7. The van der Waals surface area contributed by atoms with Gasteiger partial charge >= 0.3 is 12.1 Å². The van der Waals surface area contributed by atoms with Crippen molar-refractivity contribution in [2.45, 2.75) is 57.2 Å². The molecule has 10 nitrogen and oxygen atoms in total. The predicted octanol–water partition coefficient (Wildman–Crippen LogP) is 5.20. The van der Waals surface area contributed by atoms with E-state index in [2.05, 4.69) is 5.32 Å². The van der Waals surface area contributed by atoms with Gasteiger partial charge in [-0.1, -0.05) is 49.9 Å². The van der Waals surface area contributed by atoms with E-state index in [4.69, 9.17) is 19.2 Å². The number of carbonyl (C=O) groups excluding carboxylic acids is 2. The zero-order chi connectivity index (χ0) is 29.3. The van der Waals surface area contributed by atoms with Crippen LogP contribution in [-0.2, 0) is 14.3 Å². The van der Waals surface area contributed by atoms with E-state index in [1.165, 1.54) is 4.90 Å². The summed E-state index contributed by atoms with van der Waals surface area (Å²) in [5, 5.41) is 13.5. The molecule has 0 bridgehead atoms. The summed E-state index contributed by atoms with van der Waals surface area (Å²) in [7, 11) is 1.59. The van der Waals surface area contributed by atoms with Crippen LogP contribution in [-0.4, -0.2) is 70.9 Å². The number of pyridine rings is 1. The molecule has 2 amide bonds. The van der Waals surface area contributed by atoms with Gasteiger partial charge < -0.3 is 24.6 Å². The van der Waals surface area contributed by atoms with Gasteiger partial charge in [0.1, 0.15) is 29.2 Å². The summed E-state index contributed by atoms with van der Waals surface area (Å²) < 4.78 is 17.4. The molecule has 2 aliphatic heterocycles. The van der Waals surface area contributed by atoms with Crippen molar-refractivity contribution in [3.63, 3.8) is 0 Å². The molecule has 3 aliphatic rings. The molecule has 3 aromatic rings. The van der Waals surface area contributed by atoms with E-state index in [0.29, 0.717) is 35.6 Å². The van der Waals surface area contributed by atoms with Crippen molar-refractivity contribution >= 4 is 28.9 Å². The van der Waals surface area contributed by atoms with Crippen LogP contribution in [0.1, 0.15) is 39.5 Å². The number of aromatic nitrogens is 1. The number of hydrogen-bond acceptors (Lipinski definition) is 7. The molecule has 3 heterocycles. The minimum Gasteiger partial charge on any atom is -0.497 e. The molecule has 0 radical (unpaired) electrons. The fraction of sp³-hybridized carbons (Fsp3) is 0.394. The van der Waals surface area contributed by atoms with Crippen LogP contribution in [0.4, 0.5) is 4.79 Å². The Morgan fingerprint density at radius 3 is 2.72 bits per heavy atom. The lowest BCUT2D eigenvalue weighted by Gasteiger charge is -2.25. The van der Waals surface area contributed by atoms with Gasteiger partial charge in [0.2, 0.25) is 5.91 Å². The minimum absolute atomic E-state index is 0. The van der Waals surface area contributed by atoms with E-state index >= 15 is 0 Å². The highest BCUT2D eigenvalue weighted by atomic mass is 16.6. The molecule has 1 aliphatic carbocycles. The van der Waals surface area contributed by atoms with Gasteiger partial charge in [-0.2, -0.15) is 0 Å². The first-order valence-corrected chi connectivity index (χ1v) is 14.2. The summed E-state index contributed by atoms with van der Waals surface area (Å²) in [5.74, 6) is -0.678. The molecule has 1 aromatic heterocycles. The number of rotatable bonds is 5. The Morgan fingerprint density at radius 2 is 1.95 bits per heavy atom. The normalized spacial score (nSPS) is 26.1. The van der Waals surface area contributed by atoms with Gasteiger partial charge in [0.15, 0.2) is 0 Å². The Kier molecular flexibility index (Phi) is 8.57. The average Bonchev–Trinajstić information content (AvgIpc) is 3.53. The number of carbonyl (C=O) groups is 3. The number of nitrogens with zero attached hydrogens (tertiary/aromatic N) is 2. The van der Waals surface area contributed by atoms with Crippen LogP contribution in [0.3, 0.4) is 0 Å². The maximum Gasteiger partial charge on any atom is 0.410 e. The summed E-state index contributed by atoms with van der Waals surface area (Å²) in [5.41, 5.74) is 0.926. The molecule has 43 heavy (non-hydrogen) atoms. The Bertz CT molecular complexity index is 1540. The summed E-state index contributed by atoms with van der Waals surface area (Å²) in [6.45, 7) is 0.351. The van der Waals surface area contributed by atoms with Crippen LogP contribution >= 0.6 is 0 Å². The monoisotopic (exact) mass is 587 g/mol. The van der Waals surface area contributed by atoms with Crippen LogP contribution in [0, 0.1) is 5.92 Å². The van der Waals surface area contributed by atoms with E-state index < -0.39 is 35.7 Å². The number of hydrogen-bond donors (Lipinski definition) is 2. The Balaban J connectivity index is 0.00000368. The lowest BCUT2D eigenvalue weighted by atomic mass is 10.1. The summed E-state index contributed by atoms with van der Waals surface area (Å²) in [4.78, 5) is 45.1. The van der Waals surface area contributed by atoms with Crippen molar-refractivity contribution in [2.75, 3.05) is 20.3 Å². The number of cyclic esters (lactones) is 1. The highest BCUT2D eigenvalue weighted by Gasteiger charge is 2.61. The molecule has 4 atom stereocenters. The van der Waals surface area contributed by atoms with Gasteiger partial charge in [-0.3, -0.25) is 9.69 Å². The van der Waals surface area contributed by atoms with Crippen LogP contribution in [0.25, 0.3) is 22.2 Å². The van der Waals surface area contributed by atoms with Crippen LogP contribution < -0.4 is 14.8 Å². The molecule has 10 heteroatoms. The van der Waals surface area contributed by atoms with Gasteiger partial charge in [0.25, 0.3) is 0 Å². The van der Waals surface area contributed by atoms with Crippen molar-refractivity contribution in [3.8, 4) is 22.8 Å². The van der Waals surface area contributed by atoms with Crippen molar-refractivity contribution < 1.29 is 33.7 Å². The van der Waals surface area contributed by atoms with Gasteiger partial charge in [-0.25, -0.2) is 14.6 Å². The zero-order valence-corrected chi connectivity index (χ0v) is 23.3. The minimum atomic E-state index is -1.36. The number of aliphatic carboxylic acids is 1. The van der Waals surface area contributed by atoms with E-state index in [1.807, 2.05) is 66.7 Å². The third kappa shape index (κ3) is 6.00. The second-order valence-corrected chi connectivity index (χ2v) is 11.0. The molecule has 2 N–H and O–H groups in total. The van der Waals surface area contributed by atoms with Crippen LogP contribution in [0.2, 0.25) is 0 Å². The molecule has 6 rings (SSSR count). The Morgan fingerprint density at radius 1 is 1.14 bits per heavy atom. The van der Waals surface area contributed by atoms with E-state index in [9.17, 15) is 19.5 Å². The van der Waals surface area contributed by atoms with Crippen LogP contribution in [0.15, 0.2) is 66.7 Å². The highest BCUT2D eigenvalue weighted by molar-refractivity contribution is 5.94. The number of carboxylic acids is 1. The van der Waals surface area contributed by atoms with Gasteiger partial charge in [-0.05, 0) is 37.8 Å². The summed E-state index contributed by atoms with van der Waals surface area (Å²) >= 11 is 0. The second-order valence-electron chi connectivity index (χ2n) is 11.0. The summed E-state index contributed by atoms with van der Waals surface area (Å²) in [6, 6.07) is 16.2. The fourth-order valence-electron chi connectivity index (χ4n) is 5.80. The van der Waals surface area contributed by atoms with E-state index in [0.717, 1.165) is 23.8 Å². The molecular weight excluding hydrogens is 550 g/mol. The molecule has 2 fully saturated rings. The third-order valence-electron chi connectivity index (χ3n) is 8.24. The number of fused-ring (bicyclic) bond motifs is 3. The average molecular weight is 588 g/mol. The van der Waals surface area contributed by atoms with Crippen molar-refractivity contribution in [3.05, 3.63) is 66.7 Å². The molecule has 0 unspecified atom stereocenters. The number of benzene rings is 2. The lowest BCUT2D eigenvalue weighted by molar-refractivity contribution is -0.144. The zero-order valence-electron chi connectivity index (χ0n) is 23.3. The standard InChI is InChI=1S/C32H33N3O7.CH4/c1-40-22-12-13-24-26(15-22)33-25(20-9-5-4-6-10-20)17-28(24)42-23-16-27-29(36)34-32(30(37)38)18-21(32)11-7-2-3-8-14-41-31(39)35(27)19-23;/h4-7,9-13,15,17,21,23,27H,2-3,8,14,16,18-19H2,1H3,(H,34,36)(H,37,38);1H4/b11-7-;/t21-,23-,27+,32-;/m1./s1. The Hall–Kier alpha value is -4.60. The van der Waals surface area contributed by atoms with Crippen molar-refractivity contribution in [1.82, 2.24) is 15.2 Å². The lowest BCUT2D eigenvalue weighted by Crippen LogP contribution is -2.53. The maximum absolute atomic E-state index is 13.6. The first kappa shape index (κ1) is 29.9. The topological polar surface area (TPSA) is 127 Å². The smallest absolute Gasteiger partial charge is 0.410 e. The number of ether oxygens (including phenoxy) is 3. The largest absolute Gasteiger partial charge is 0.497 e.